The van der Waals surface area contributed by atoms with E-state index in [4.69, 9.17) is 28.8 Å². The molecule has 0 saturated heterocycles. The molecule has 0 aliphatic rings. The second-order valence-electron chi connectivity index (χ2n) is 4.28. The van der Waals surface area contributed by atoms with Crippen molar-refractivity contribution in [3.05, 3.63) is 19.3 Å². The van der Waals surface area contributed by atoms with Gasteiger partial charge in [0, 0.05) is 67.4 Å². The van der Waals surface area contributed by atoms with Gasteiger partial charge in [0.2, 0.25) is 0 Å². The normalized spacial score (nSPS) is 7.36. The van der Waals surface area contributed by atoms with Gasteiger partial charge in [0.05, 0.1) is 0 Å². The van der Waals surface area contributed by atoms with Crippen LogP contribution in [0.2, 0.25) is 0 Å². The molecular formula is C15H27HfO6+3. The van der Waals surface area contributed by atoms with Crippen molar-refractivity contribution in [2.45, 2.75) is 41.5 Å². The Kier molecular flexibility index (Phi) is 22.8. The molecule has 6 nitrogen and oxygen atoms in total. The molecule has 0 spiro atoms. The van der Waals surface area contributed by atoms with Crippen molar-refractivity contribution in [1.29, 1.82) is 0 Å². The van der Waals surface area contributed by atoms with Crippen LogP contribution in [0, 0.1) is 19.3 Å². The molecule has 0 saturated carbocycles. The Morgan fingerprint density at radius 2 is 0.500 bits per heavy atom. The number of carbonyl (C=O) groups excluding carboxylic acids is 6. The maximum atomic E-state index is 8.40. The summed E-state index contributed by atoms with van der Waals surface area (Å²) in [7, 11) is 0. The van der Waals surface area contributed by atoms with E-state index in [0.29, 0.717) is 0 Å². The molecule has 0 bridgehead atoms. The Bertz CT molecular complexity index is 314. The van der Waals surface area contributed by atoms with Crippen molar-refractivity contribution in [2.24, 2.45) is 0 Å². The molecule has 124 valence electrons. The third-order valence-corrected chi connectivity index (χ3v) is 1.25. The van der Waals surface area contributed by atoms with Crippen LogP contribution in [0.1, 0.15) is 41.5 Å². The molecule has 0 amide bonds. The Morgan fingerprint density at radius 3 is 0.500 bits per heavy atom. The van der Waals surface area contributed by atoms with Gasteiger partial charge in [-0.15, -0.1) is 0 Å². The van der Waals surface area contributed by atoms with Crippen LogP contribution in [0.25, 0.3) is 0 Å². The molecule has 7 heteroatoms. The fraction of sp³-hybridized carbons (Fsp3) is 0.400. The molecular weight excluding hydrogens is 455 g/mol. The third kappa shape index (κ3) is 51.4. The summed E-state index contributed by atoms with van der Waals surface area (Å²) in [4.78, 5) is 50.4. The summed E-state index contributed by atoms with van der Waals surface area (Å²) in [6, 6.07) is 0. The second kappa shape index (κ2) is 17.6. The number of ketones is 6. The SMILES string of the molecule is CC(=[OH+])[CH-]C(C)=[OH+].CC(=[OH+])[CH-]C(C)=[OH+].CC(=[OH+])[CH-]C(C)=[OH+].[Hf]. The van der Waals surface area contributed by atoms with Crippen LogP contribution in [-0.4, -0.2) is 63.5 Å². The van der Waals surface area contributed by atoms with E-state index in [1.54, 1.807) is 0 Å². The van der Waals surface area contributed by atoms with Crippen molar-refractivity contribution in [2.75, 3.05) is 0 Å². The first-order chi connectivity index (χ1) is 9.38. The molecule has 0 aromatic heterocycles. The first-order valence-corrected chi connectivity index (χ1v) is 6.07. The largest absolute Gasteiger partial charge is 0.316 e. The third-order valence-electron chi connectivity index (χ3n) is 1.25. The standard InChI is InChI=1S/3C5H7O2.Hf/c3*1-4(6)3-5(2)7;/h3*3H,1-2H3;/q3*-1;/p+6. The van der Waals surface area contributed by atoms with Crippen LogP contribution >= 0.6 is 0 Å². The van der Waals surface area contributed by atoms with Crippen molar-refractivity contribution >= 4 is 34.7 Å². The fourth-order valence-corrected chi connectivity index (χ4v) is 0.907. The van der Waals surface area contributed by atoms with Crippen LogP contribution in [0.3, 0.4) is 0 Å². The van der Waals surface area contributed by atoms with Gasteiger partial charge in [-0.25, -0.2) is 0 Å². The Balaban J connectivity index is -0.000000108. The zero-order valence-corrected chi connectivity index (χ0v) is 17.5. The smallest absolute Gasteiger partial charge is 0.176 e. The summed E-state index contributed by atoms with van der Waals surface area (Å²) >= 11 is 0. The molecule has 0 aromatic carbocycles. The molecule has 0 radical (unpaired) electrons. The van der Waals surface area contributed by atoms with E-state index in [1.165, 1.54) is 60.8 Å². The first kappa shape index (κ1) is 28.6. The van der Waals surface area contributed by atoms with Gasteiger partial charge in [-0.1, -0.05) is 0 Å². The summed E-state index contributed by atoms with van der Waals surface area (Å²) in [6.45, 7) is 9.00. The molecule has 0 rings (SSSR count). The quantitative estimate of drug-likeness (QED) is 0.232. The van der Waals surface area contributed by atoms with Crippen LogP contribution in [0.5, 0.6) is 0 Å². The first-order valence-electron chi connectivity index (χ1n) is 6.07. The van der Waals surface area contributed by atoms with E-state index in [0.717, 1.165) is 0 Å². The second-order valence-corrected chi connectivity index (χ2v) is 4.28. The fourth-order valence-electron chi connectivity index (χ4n) is 0.907. The van der Waals surface area contributed by atoms with Crippen LogP contribution in [0.4, 0.5) is 0 Å². The van der Waals surface area contributed by atoms with Gasteiger partial charge < -0.3 is 28.8 Å². The Hall–Kier alpha value is -1.50. The van der Waals surface area contributed by atoms with Gasteiger partial charge >= 0.3 is 0 Å². The maximum Gasteiger partial charge on any atom is 0.176 e. The molecule has 0 aliphatic carbocycles. The van der Waals surface area contributed by atoms with Crippen LogP contribution in [-0.2, 0) is 25.8 Å². The van der Waals surface area contributed by atoms with E-state index in [2.05, 4.69) is 0 Å². The minimum Gasteiger partial charge on any atom is -0.316 e. The van der Waals surface area contributed by atoms with Gasteiger partial charge in [0.1, 0.15) is 0 Å². The van der Waals surface area contributed by atoms with Crippen molar-refractivity contribution in [3.63, 3.8) is 0 Å². The molecule has 0 unspecified atom stereocenters. The summed E-state index contributed by atoms with van der Waals surface area (Å²) in [6.07, 6.45) is 3.83. The van der Waals surface area contributed by atoms with Gasteiger partial charge in [-0.05, 0) is 0 Å². The van der Waals surface area contributed by atoms with Crippen molar-refractivity contribution in [1.82, 2.24) is 0 Å². The van der Waals surface area contributed by atoms with Gasteiger partial charge in [0.25, 0.3) is 0 Å². The minimum atomic E-state index is 0. The maximum absolute atomic E-state index is 8.40. The van der Waals surface area contributed by atoms with E-state index in [1.807, 2.05) is 0 Å². The monoisotopic (exact) mass is 483 g/mol. The van der Waals surface area contributed by atoms with E-state index < -0.39 is 0 Å². The molecule has 6 N–H and O–H groups in total. The number of hydrogen-bond acceptors (Lipinski definition) is 0. The van der Waals surface area contributed by atoms with Gasteiger partial charge in [-0.3, -0.25) is 0 Å². The Labute approximate surface area is 150 Å². The predicted octanol–water partition coefficient (Wildman–Crippen LogP) is 0.958. The van der Waals surface area contributed by atoms with E-state index in [9.17, 15) is 0 Å². The van der Waals surface area contributed by atoms with Crippen LogP contribution in [0.15, 0.2) is 0 Å². The average Bonchev–Trinajstić information content (AvgIpc) is 2.10. The van der Waals surface area contributed by atoms with Crippen molar-refractivity contribution in [3.8, 4) is 0 Å². The topological polar surface area (TPSA) is 128 Å². The summed E-state index contributed by atoms with van der Waals surface area (Å²) in [5.41, 5.74) is 0. The molecule has 0 fully saturated rings. The molecule has 0 aromatic rings. The zero-order valence-electron chi connectivity index (χ0n) is 13.9. The van der Waals surface area contributed by atoms with Gasteiger partial charge in [0.15, 0.2) is 34.7 Å². The summed E-state index contributed by atoms with van der Waals surface area (Å²) in [5, 5.41) is 0. The molecule has 0 heterocycles. The predicted molar refractivity (Wildman–Crippen MR) is 88.6 cm³/mol. The summed E-state index contributed by atoms with van der Waals surface area (Å²) < 4.78 is 0. The summed E-state index contributed by atoms with van der Waals surface area (Å²) in [5.74, 6) is 0.750. The number of rotatable bonds is 6. The zero-order chi connectivity index (χ0) is 17.6. The average molecular weight is 482 g/mol. The Morgan fingerprint density at radius 1 is 0.409 bits per heavy atom. The van der Waals surface area contributed by atoms with Crippen molar-refractivity contribution < 1.29 is 54.6 Å². The van der Waals surface area contributed by atoms with E-state index in [-0.39, 0.29) is 60.5 Å². The molecule has 0 aliphatic heterocycles. The minimum absolute atomic E-state index is 0. The number of hydrogen-bond donors (Lipinski definition) is 0. The van der Waals surface area contributed by atoms with E-state index >= 15 is 0 Å². The van der Waals surface area contributed by atoms with Crippen LogP contribution < -0.4 is 0 Å². The molecule has 0 atom stereocenters. The molecule has 22 heavy (non-hydrogen) atoms. The van der Waals surface area contributed by atoms with Gasteiger partial charge in [-0.2, -0.15) is 19.3 Å².